The van der Waals surface area contributed by atoms with Gasteiger partial charge in [-0.1, -0.05) is 36.4 Å². The van der Waals surface area contributed by atoms with Crippen molar-refractivity contribution in [2.75, 3.05) is 27.7 Å². The highest BCUT2D eigenvalue weighted by Crippen LogP contribution is 2.56. The van der Waals surface area contributed by atoms with E-state index in [1.165, 1.54) is 29.2 Å². The molecule has 1 aliphatic carbocycles. The molecule has 1 atom stereocenters. The minimum atomic E-state index is 0.417. The topological polar surface area (TPSA) is 15.3 Å². The van der Waals surface area contributed by atoms with Gasteiger partial charge in [0.2, 0.25) is 0 Å². The number of rotatable bonds is 5. The van der Waals surface area contributed by atoms with Gasteiger partial charge in [0.25, 0.3) is 0 Å². The van der Waals surface area contributed by atoms with Crippen molar-refractivity contribution in [2.24, 2.45) is 5.41 Å². The van der Waals surface area contributed by atoms with Crippen molar-refractivity contribution in [1.82, 2.24) is 10.2 Å². The summed E-state index contributed by atoms with van der Waals surface area (Å²) in [5.74, 6) is 0. The lowest BCUT2D eigenvalue weighted by molar-refractivity contribution is 0.192. The molecule has 0 saturated heterocycles. The molecule has 0 radical (unpaired) electrons. The third-order valence-electron chi connectivity index (χ3n) is 4.61. The lowest BCUT2D eigenvalue weighted by atomic mass is 9.88. The van der Waals surface area contributed by atoms with Crippen LogP contribution in [0, 0.1) is 5.41 Å². The molecule has 0 bridgehead atoms. The average Bonchev–Trinajstić information content (AvgIpc) is 3.19. The summed E-state index contributed by atoms with van der Waals surface area (Å²) in [6, 6.07) is 16.1. The normalized spacial score (nSPS) is 18.4. The Kier molecular flexibility index (Phi) is 3.53. The van der Waals surface area contributed by atoms with Crippen molar-refractivity contribution < 1.29 is 0 Å². The fraction of sp³-hybridized carbons (Fsp3) is 0.444. The van der Waals surface area contributed by atoms with Gasteiger partial charge in [-0.05, 0) is 56.4 Å². The lowest BCUT2D eigenvalue weighted by Crippen LogP contribution is -2.34. The van der Waals surface area contributed by atoms with Crippen LogP contribution in [0.15, 0.2) is 42.5 Å². The second kappa shape index (κ2) is 5.19. The number of benzene rings is 2. The Balaban J connectivity index is 2.01. The average molecular weight is 268 g/mol. The quantitative estimate of drug-likeness (QED) is 0.893. The van der Waals surface area contributed by atoms with Gasteiger partial charge < -0.3 is 10.2 Å². The molecule has 2 nitrogen and oxygen atoms in total. The van der Waals surface area contributed by atoms with E-state index >= 15 is 0 Å². The first-order valence-electron chi connectivity index (χ1n) is 7.46. The van der Waals surface area contributed by atoms with Gasteiger partial charge in [-0.3, -0.25) is 0 Å². The summed E-state index contributed by atoms with van der Waals surface area (Å²) in [5, 5.41) is 6.06. The fourth-order valence-electron chi connectivity index (χ4n) is 3.64. The van der Waals surface area contributed by atoms with Gasteiger partial charge in [0.1, 0.15) is 0 Å². The van der Waals surface area contributed by atoms with Crippen LogP contribution in [0.5, 0.6) is 0 Å². The van der Waals surface area contributed by atoms with Crippen LogP contribution in [0.1, 0.15) is 24.4 Å². The zero-order valence-electron chi connectivity index (χ0n) is 12.7. The molecule has 3 rings (SSSR count). The maximum absolute atomic E-state index is 3.39. The first kappa shape index (κ1) is 13.6. The summed E-state index contributed by atoms with van der Waals surface area (Å²) in [6.45, 7) is 1.10. The van der Waals surface area contributed by atoms with Crippen molar-refractivity contribution in [1.29, 1.82) is 0 Å². The molecule has 20 heavy (non-hydrogen) atoms. The highest BCUT2D eigenvalue weighted by atomic mass is 15.1. The van der Waals surface area contributed by atoms with Crippen molar-refractivity contribution in [3.63, 3.8) is 0 Å². The first-order valence-corrected chi connectivity index (χ1v) is 7.46. The molecule has 2 heteroatoms. The van der Waals surface area contributed by atoms with Gasteiger partial charge in [0.15, 0.2) is 0 Å². The van der Waals surface area contributed by atoms with E-state index in [1.54, 1.807) is 0 Å². The van der Waals surface area contributed by atoms with Crippen molar-refractivity contribution in [2.45, 2.75) is 18.9 Å². The molecule has 0 aliphatic heterocycles. The van der Waals surface area contributed by atoms with Crippen molar-refractivity contribution in [3.05, 3.63) is 48.0 Å². The molecule has 106 valence electrons. The molecule has 1 aliphatic rings. The molecule has 2 aromatic carbocycles. The smallest absolute Gasteiger partial charge is 0.0410 e. The predicted molar refractivity (Wildman–Crippen MR) is 86.0 cm³/mol. The molecule has 0 aromatic heterocycles. The van der Waals surface area contributed by atoms with Gasteiger partial charge in [-0.2, -0.15) is 0 Å². The number of fused-ring (bicyclic) bond motifs is 1. The van der Waals surface area contributed by atoms with Crippen LogP contribution in [0.3, 0.4) is 0 Å². The zero-order chi connectivity index (χ0) is 14.2. The minimum absolute atomic E-state index is 0.417. The largest absolute Gasteiger partial charge is 0.319 e. The zero-order valence-corrected chi connectivity index (χ0v) is 12.7. The Morgan fingerprint density at radius 3 is 2.40 bits per heavy atom. The predicted octanol–water partition coefficient (Wildman–Crippen LogP) is 3.44. The molecule has 0 heterocycles. The third-order valence-corrected chi connectivity index (χ3v) is 4.61. The Morgan fingerprint density at radius 2 is 1.80 bits per heavy atom. The summed E-state index contributed by atoms with van der Waals surface area (Å²) in [6.07, 6.45) is 2.65. The van der Waals surface area contributed by atoms with Crippen molar-refractivity contribution >= 4 is 10.8 Å². The van der Waals surface area contributed by atoms with Crippen LogP contribution in [0.2, 0.25) is 0 Å². The summed E-state index contributed by atoms with van der Waals surface area (Å²) in [4.78, 5) is 2.38. The Hall–Kier alpha value is -1.38. The third kappa shape index (κ3) is 2.34. The van der Waals surface area contributed by atoms with E-state index in [9.17, 15) is 0 Å². The van der Waals surface area contributed by atoms with Crippen LogP contribution in [-0.2, 0) is 0 Å². The molecule has 1 fully saturated rings. The van der Waals surface area contributed by atoms with Gasteiger partial charge in [0, 0.05) is 18.0 Å². The maximum atomic E-state index is 3.39. The van der Waals surface area contributed by atoms with E-state index in [1.807, 2.05) is 0 Å². The second-order valence-electron chi connectivity index (χ2n) is 6.37. The molecular weight excluding hydrogens is 244 g/mol. The van der Waals surface area contributed by atoms with E-state index in [4.69, 9.17) is 0 Å². The highest BCUT2D eigenvalue weighted by molar-refractivity contribution is 5.83. The Morgan fingerprint density at radius 1 is 1.10 bits per heavy atom. The minimum Gasteiger partial charge on any atom is -0.319 e. The van der Waals surface area contributed by atoms with E-state index in [0.29, 0.717) is 11.5 Å². The maximum Gasteiger partial charge on any atom is 0.0410 e. The monoisotopic (exact) mass is 268 g/mol. The Labute approximate surface area is 121 Å². The van der Waals surface area contributed by atoms with E-state index < -0.39 is 0 Å². The van der Waals surface area contributed by atoms with Crippen molar-refractivity contribution in [3.8, 4) is 0 Å². The van der Waals surface area contributed by atoms with E-state index in [-0.39, 0.29) is 0 Å². The summed E-state index contributed by atoms with van der Waals surface area (Å²) in [7, 11) is 6.47. The molecular formula is C18H24N2. The second-order valence-corrected chi connectivity index (χ2v) is 6.37. The fourth-order valence-corrected chi connectivity index (χ4v) is 3.64. The molecule has 1 N–H and O–H groups in total. The number of hydrogen-bond acceptors (Lipinski definition) is 2. The Bertz CT molecular complexity index is 599. The summed E-state index contributed by atoms with van der Waals surface area (Å²) >= 11 is 0. The number of hydrogen-bond donors (Lipinski definition) is 1. The van der Waals surface area contributed by atoms with Crippen LogP contribution in [0.25, 0.3) is 10.8 Å². The number of nitrogens with zero attached hydrogens (tertiary/aromatic N) is 1. The van der Waals surface area contributed by atoms with Crippen LogP contribution in [-0.4, -0.2) is 32.6 Å². The molecule has 2 aromatic rings. The van der Waals surface area contributed by atoms with Crippen LogP contribution >= 0.6 is 0 Å². The first-order chi connectivity index (χ1) is 9.66. The SMILES string of the molecule is CNCC1(C(c2ccc3ccccc3c2)N(C)C)CC1. The van der Waals surface area contributed by atoms with Gasteiger partial charge in [-0.25, -0.2) is 0 Å². The van der Waals surface area contributed by atoms with E-state index in [2.05, 4.69) is 73.8 Å². The van der Waals surface area contributed by atoms with Gasteiger partial charge in [0.05, 0.1) is 0 Å². The molecule has 0 spiro atoms. The summed E-state index contributed by atoms with van der Waals surface area (Å²) in [5.41, 5.74) is 1.86. The van der Waals surface area contributed by atoms with Crippen LogP contribution < -0.4 is 5.32 Å². The summed E-state index contributed by atoms with van der Waals surface area (Å²) < 4.78 is 0. The van der Waals surface area contributed by atoms with Gasteiger partial charge >= 0.3 is 0 Å². The highest BCUT2D eigenvalue weighted by Gasteiger charge is 2.50. The molecule has 1 unspecified atom stereocenters. The standard InChI is InChI=1S/C18H24N2/c1-19-13-18(10-11-18)17(20(2)3)16-9-8-14-6-4-5-7-15(14)12-16/h4-9,12,17,19H,10-11,13H2,1-3H3. The molecule has 1 saturated carbocycles. The van der Waals surface area contributed by atoms with Crippen LogP contribution in [0.4, 0.5) is 0 Å². The lowest BCUT2D eigenvalue weighted by Gasteiger charge is -2.33. The molecule has 0 amide bonds. The van der Waals surface area contributed by atoms with E-state index in [0.717, 1.165) is 6.54 Å². The number of nitrogens with one attached hydrogen (secondary N) is 1. The van der Waals surface area contributed by atoms with Gasteiger partial charge in [-0.15, -0.1) is 0 Å².